The van der Waals surface area contributed by atoms with Gasteiger partial charge in [0.25, 0.3) is 11.8 Å². The Kier molecular flexibility index (Phi) is 6.20. The lowest BCUT2D eigenvalue weighted by molar-refractivity contribution is 0.0623. The van der Waals surface area contributed by atoms with Crippen LogP contribution in [0.5, 0.6) is 0 Å². The topological polar surface area (TPSA) is 62.5 Å². The largest absolute Gasteiger partial charge is 0.336 e. The number of piperazine rings is 1. The van der Waals surface area contributed by atoms with E-state index in [-0.39, 0.29) is 5.91 Å². The number of carbonyl (C=O) groups is 1. The molecule has 2 aromatic carbocycles. The fraction of sp³-hybridized carbons (Fsp3) is 0.250. The van der Waals surface area contributed by atoms with E-state index in [1.54, 1.807) is 18.2 Å². The van der Waals surface area contributed by atoms with Crippen LogP contribution in [0.1, 0.15) is 16.2 Å². The molecule has 1 aliphatic heterocycles. The number of halogens is 3. The smallest absolute Gasteiger partial charge is 0.259 e. The Morgan fingerprint density at radius 1 is 1.10 bits per heavy atom. The molecule has 0 aliphatic carbocycles. The van der Waals surface area contributed by atoms with E-state index in [1.807, 2.05) is 29.2 Å². The van der Waals surface area contributed by atoms with Crippen molar-refractivity contribution in [2.75, 3.05) is 26.2 Å². The molecule has 1 aliphatic rings. The molecule has 0 saturated carbocycles. The predicted molar refractivity (Wildman–Crippen MR) is 115 cm³/mol. The monoisotopic (exact) mass is 494 g/mol. The molecule has 0 N–H and O–H groups in total. The molecule has 0 bridgehead atoms. The molecule has 6 nitrogen and oxygen atoms in total. The van der Waals surface area contributed by atoms with Crippen LogP contribution in [0.3, 0.4) is 0 Å². The van der Waals surface area contributed by atoms with Crippen molar-refractivity contribution in [1.29, 1.82) is 0 Å². The molecular formula is C20H17BrCl2N4O2. The summed E-state index contributed by atoms with van der Waals surface area (Å²) >= 11 is 15.6. The highest BCUT2D eigenvalue weighted by atomic mass is 79.9. The third kappa shape index (κ3) is 4.64. The Labute approximate surface area is 186 Å². The first-order valence-corrected chi connectivity index (χ1v) is 10.6. The zero-order chi connectivity index (χ0) is 20.4. The Balaban J connectivity index is 1.36. The fourth-order valence-electron chi connectivity index (χ4n) is 3.20. The lowest BCUT2D eigenvalue weighted by Crippen LogP contribution is -2.48. The first-order valence-electron chi connectivity index (χ1n) is 9.05. The quantitative estimate of drug-likeness (QED) is 0.522. The maximum Gasteiger partial charge on any atom is 0.259 e. The van der Waals surface area contributed by atoms with Gasteiger partial charge in [-0.25, -0.2) is 0 Å². The maximum absolute atomic E-state index is 12.7. The van der Waals surface area contributed by atoms with Gasteiger partial charge in [0.2, 0.25) is 0 Å². The average molecular weight is 496 g/mol. The van der Waals surface area contributed by atoms with Gasteiger partial charge in [-0.05, 0) is 46.3 Å². The number of hydrogen-bond donors (Lipinski definition) is 0. The molecule has 2 heterocycles. The van der Waals surface area contributed by atoms with Gasteiger partial charge in [0.05, 0.1) is 22.7 Å². The van der Waals surface area contributed by atoms with Gasteiger partial charge in [0.15, 0.2) is 5.82 Å². The van der Waals surface area contributed by atoms with Crippen molar-refractivity contribution in [2.45, 2.75) is 6.54 Å². The molecule has 4 rings (SSSR count). The summed E-state index contributed by atoms with van der Waals surface area (Å²) in [5.74, 6) is 0.984. The van der Waals surface area contributed by atoms with Gasteiger partial charge in [0, 0.05) is 35.7 Å². The summed E-state index contributed by atoms with van der Waals surface area (Å²) in [4.78, 5) is 21.2. The number of rotatable bonds is 4. The van der Waals surface area contributed by atoms with E-state index in [0.29, 0.717) is 52.5 Å². The van der Waals surface area contributed by atoms with Crippen LogP contribution in [0.25, 0.3) is 11.5 Å². The number of hydrogen-bond acceptors (Lipinski definition) is 5. The Morgan fingerprint density at radius 3 is 2.59 bits per heavy atom. The normalized spacial score (nSPS) is 14.9. The van der Waals surface area contributed by atoms with Crippen molar-refractivity contribution in [1.82, 2.24) is 19.9 Å². The number of benzene rings is 2. The summed E-state index contributed by atoms with van der Waals surface area (Å²) in [6.07, 6.45) is 0. The van der Waals surface area contributed by atoms with E-state index < -0.39 is 0 Å². The van der Waals surface area contributed by atoms with Crippen LogP contribution in [0.15, 0.2) is 51.5 Å². The second-order valence-electron chi connectivity index (χ2n) is 6.69. The van der Waals surface area contributed by atoms with E-state index in [9.17, 15) is 4.79 Å². The lowest BCUT2D eigenvalue weighted by Gasteiger charge is -2.34. The van der Waals surface area contributed by atoms with Gasteiger partial charge in [-0.3, -0.25) is 9.69 Å². The number of aromatic nitrogens is 2. The van der Waals surface area contributed by atoms with Crippen LogP contribution < -0.4 is 0 Å². The fourth-order valence-corrected chi connectivity index (χ4v) is 4.15. The van der Waals surface area contributed by atoms with E-state index in [2.05, 4.69) is 31.0 Å². The molecule has 0 radical (unpaired) electrons. The highest BCUT2D eigenvalue weighted by Crippen LogP contribution is 2.29. The SMILES string of the molecule is O=C(c1ccccc1Br)N1CCN(Cc2noc(-c3ccc(Cl)cc3Cl)n2)CC1. The van der Waals surface area contributed by atoms with E-state index >= 15 is 0 Å². The van der Waals surface area contributed by atoms with Crippen LogP contribution >= 0.6 is 39.1 Å². The molecule has 1 fully saturated rings. The molecule has 1 aromatic heterocycles. The van der Waals surface area contributed by atoms with E-state index in [4.69, 9.17) is 27.7 Å². The third-order valence-electron chi connectivity index (χ3n) is 4.76. The highest BCUT2D eigenvalue weighted by Gasteiger charge is 2.24. The number of amides is 1. The Bertz CT molecular complexity index is 1030. The van der Waals surface area contributed by atoms with Crippen molar-refractivity contribution < 1.29 is 9.32 Å². The van der Waals surface area contributed by atoms with Crippen molar-refractivity contribution in [3.05, 3.63) is 68.4 Å². The molecule has 0 atom stereocenters. The Hall–Kier alpha value is -1.93. The van der Waals surface area contributed by atoms with Gasteiger partial charge >= 0.3 is 0 Å². The van der Waals surface area contributed by atoms with Crippen LogP contribution in [-0.2, 0) is 6.54 Å². The zero-order valence-corrected chi connectivity index (χ0v) is 18.4. The Morgan fingerprint density at radius 2 is 1.86 bits per heavy atom. The van der Waals surface area contributed by atoms with Crippen LogP contribution in [0, 0.1) is 0 Å². The number of nitrogens with zero attached hydrogens (tertiary/aromatic N) is 4. The molecule has 9 heteroatoms. The second kappa shape index (κ2) is 8.83. The summed E-state index contributed by atoms with van der Waals surface area (Å²) in [6.45, 7) is 3.32. The summed E-state index contributed by atoms with van der Waals surface area (Å²) in [5, 5.41) is 5.07. The first kappa shape index (κ1) is 20.3. The molecule has 0 unspecified atom stereocenters. The minimum Gasteiger partial charge on any atom is -0.336 e. The van der Waals surface area contributed by atoms with Gasteiger partial charge in [-0.15, -0.1) is 0 Å². The van der Waals surface area contributed by atoms with Gasteiger partial charge < -0.3 is 9.42 Å². The average Bonchev–Trinajstić information content (AvgIpc) is 3.16. The molecule has 3 aromatic rings. The summed E-state index contributed by atoms with van der Waals surface area (Å²) < 4.78 is 6.17. The summed E-state index contributed by atoms with van der Waals surface area (Å²) in [6, 6.07) is 12.6. The molecule has 1 saturated heterocycles. The van der Waals surface area contributed by atoms with Gasteiger partial charge in [-0.2, -0.15) is 4.98 Å². The lowest BCUT2D eigenvalue weighted by atomic mass is 10.2. The highest BCUT2D eigenvalue weighted by molar-refractivity contribution is 9.10. The van der Waals surface area contributed by atoms with Gasteiger partial charge in [-0.1, -0.05) is 40.5 Å². The molecule has 0 spiro atoms. The molecular weight excluding hydrogens is 479 g/mol. The first-order chi connectivity index (χ1) is 14.0. The standard InChI is InChI=1S/C20H17BrCl2N4O2/c21-16-4-2-1-3-14(16)20(28)27-9-7-26(8-10-27)12-18-24-19(29-25-18)15-6-5-13(22)11-17(15)23/h1-6,11H,7-10,12H2. The van der Waals surface area contributed by atoms with Crippen molar-refractivity contribution >= 4 is 45.0 Å². The molecule has 150 valence electrons. The molecule has 1 amide bonds. The van der Waals surface area contributed by atoms with E-state index in [1.165, 1.54) is 0 Å². The minimum atomic E-state index is 0.0383. The summed E-state index contributed by atoms with van der Waals surface area (Å²) in [5.41, 5.74) is 1.34. The minimum absolute atomic E-state index is 0.0383. The van der Waals surface area contributed by atoms with Crippen LogP contribution in [-0.4, -0.2) is 52.0 Å². The zero-order valence-electron chi connectivity index (χ0n) is 15.3. The summed E-state index contributed by atoms with van der Waals surface area (Å²) in [7, 11) is 0. The predicted octanol–water partition coefficient (Wildman–Crippen LogP) is 4.76. The van der Waals surface area contributed by atoms with E-state index in [0.717, 1.165) is 17.6 Å². The van der Waals surface area contributed by atoms with Crippen molar-refractivity contribution in [3.63, 3.8) is 0 Å². The molecule has 29 heavy (non-hydrogen) atoms. The number of carbonyl (C=O) groups excluding carboxylic acids is 1. The second-order valence-corrected chi connectivity index (χ2v) is 8.39. The third-order valence-corrected chi connectivity index (χ3v) is 6.00. The van der Waals surface area contributed by atoms with Crippen LogP contribution in [0.4, 0.5) is 0 Å². The van der Waals surface area contributed by atoms with Crippen LogP contribution in [0.2, 0.25) is 10.0 Å². The van der Waals surface area contributed by atoms with Crippen molar-refractivity contribution in [3.8, 4) is 11.5 Å². The van der Waals surface area contributed by atoms with Gasteiger partial charge in [0.1, 0.15) is 0 Å². The maximum atomic E-state index is 12.7. The van der Waals surface area contributed by atoms with Crippen molar-refractivity contribution in [2.24, 2.45) is 0 Å².